The number of rotatable bonds is 5. The van der Waals surface area contributed by atoms with Crippen LogP contribution >= 0.6 is 0 Å². The number of anilines is 1. The molecule has 6 rings (SSSR count). The maximum absolute atomic E-state index is 13.5. The zero-order valence-corrected chi connectivity index (χ0v) is 20.3. The Morgan fingerprint density at radius 2 is 1.81 bits per heavy atom. The van der Waals surface area contributed by atoms with E-state index in [1.165, 1.54) is 0 Å². The first-order valence-corrected chi connectivity index (χ1v) is 12.5. The Hall–Kier alpha value is -3.49. The number of amides is 1. The number of ether oxygens (including phenoxy) is 1. The Morgan fingerprint density at radius 3 is 2.58 bits per heavy atom. The Balaban J connectivity index is 1.09. The van der Waals surface area contributed by atoms with Gasteiger partial charge in [-0.2, -0.15) is 0 Å². The molecule has 0 unspecified atom stereocenters. The molecule has 1 aromatic heterocycles. The van der Waals surface area contributed by atoms with Crippen LogP contribution in [0.1, 0.15) is 52.4 Å². The Kier molecular flexibility index (Phi) is 5.65. The number of hydrogen-bond donors (Lipinski definition) is 1. The topological polar surface area (TPSA) is 96.1 Å². The van der Waals surface area contributed by atoms with E-state index in [1.807, 2.05) is 49.4 Å². The van der Waals surface area contributed by atoms with E-state index < -0.39 is 6.10 Å². The van der Waals surface area contributed by atoms with E-state index in [-0.39, 0.29) is 23.9 Å². The van der Waals surface area contributed by atoms with Gasteiger partial charge in [0.05, 0.1) is 17.1 Å². The van der Waals surface area contributed by atoms with Crippen molar-refractivity contribution in [1.82, 2.24) is 10.1 Å². The van der Waals surface area contributed by atoms with Gasteiger partial charge >= 0.3 is 5.97 Å². The van der Waals surface area contributed by atoms with E-state index in [2.05, 4.69) is 10.1 Å². The van der Waals surface area contributed by atoms with E-state index in [0.717, 1.165) is 60.3 Å². The third-order valence-electron chi connectivity index (χ3n) is 8.16. The van der Waals surface area contributed by atoms with Gasteiger partial charge in [0.1, 0.15) is 12.3 Å². The van der Waals surface area contributed by atoms with Gasteiger partial charge in [-0.3, -0.25) is 9.69 Å². The molecule has 1 amide bonds. The summed E-state index contributed by atoms with van der Waals surface area (Å²) in [6, 6.07) is 15.2. The Labute approximate surface area is 209 Å². The van der Waals surface area contributed by atoms with Crippen molar-refractivity contribution < 1.29 is 24.0 Å². The van der Waals surface area contributed by atoms with Gasteiger partial charge in [-0.15, -0.1) is 0 Å². The first kappa shape index (κ1) is 22.9. The van der Waals surface area contributed by atoms with Crippen LogP contribution in [0.5, 0.6) is 0 Å². The molecule has 2 aromatic carbocycles. The molecule has 0 bridgehead atoms. The fraction of sp³-hybridized carbons (Fsp3) is 0.393. The summed E-state index contributed by atoms with van der Waals surface area (Å²) in [5.41, 5.74) is 4.50. The maximum atomic E-state index is 13.5. The average Bonchev–Trinajstić information content (AvgIpc) is 3.61. The number of aliphatic hydroxyl groups is 1. The minimum Gasteiger partial charge on any atom is -0.457 e. The summed E-state index contributed by atoms with van der Waals surface area (Å²) in [6.45, 7) is 4.80. The van der Waals surface area contributed by atoms with Crippen LogP contribution < -0.4 is 4.90 Å². The highest BCUT2D eigenvalue weighted by Crippen LogP contribution is 2.44. The number of β-amino-alcohol motifs (C(OH)–C–C–N with tert-alkyl or cyclic N) is 1. The summed E-state index contributed by atoms with van der Waals surface area (Å²) < 4.78 is 10.7. The van der Waals surface area contributed by atoms with E-state index in [4.69, 9.17) is 9.26 Å². The first-order chi connectivity index (χ1) is 17.4. The number of aromatic nitrogens is 1. The zero-order chi connectivity index (χ0) is 24.9. The van der Waals surface area contributed by atoms with E-state index in [0.29, 0.717) is 24.5 Å². The lowest BCUT2D eigenvalue weighted by molar-refractivity contribution is -0.128. The number of carbonyl (C=O) groups is 2. The van der Waals surface area contributed by atoms with Crippen molar-refractivity contribution in [3.63, 3.8) is 0 Å². The molecule has 3 aliphatic heterocycles. The van der Waals surface area contributed by atoms with Crippen molar-refractivity contribution >= 4 is 17.8 Å². The fourth-order valence-electron chi connectivity index (χ4n) is 5.87. The molecule has 8 nitrogen and oxygen atoms in total. The highest BCUT2D eigenvalue weighted by molar-refractivity contribution is 5.99. The van der Waals surface area contributed by atoms with Gasteiger partial charge in [-0.05, 0) is 56.5 Å². The summed E-state index contributed by atoms with van der Waals surface area (Å²) in [5, 5.41) is 15.2. The number of fused-ring (bicyclic) bond motifs is 1. The third kappa shape index (κ3) is 3.81. The molecular weight excluding hydrogens is 458 g/mol. The Morgan fingerprint density at radius 1 is 1.06 bits per heavy atom. The van der Waals surface area contributed by atoms with E-state index in [1.54, 1.807) is 11.0 Å². The number of benzene rings is 2. The van der Waals surface area contributed by atoms with Crippen molar-refractivity contribution in [3.8, 4) is 11.3 Å². The number of aliphatic hydroxyl groups excluding tert-OH is 1. The van der Waals surface area contributed by atoms with Crippen LogP contribution in [0.4, 0.5) is 5.88 Å². The molecule has 8 heteroatoms. The van der Waals surface area contributed by atoms with Crippen LogP contribution in [0.3, 0.4) is 0 Å². The fourth-order valence-corrected chi connectivity index (χ4v) is 5.87. The van der Waals surface area contributed by atoms with Crippen molar-refractivity contribution in [1.29, 1.82) is 0 Å². The van der Waals surface area contributed by atoms with E-state index in [9.17, 15) is 14.7 Å². The average molecular weight is 488 g/mol. The van der Waals surface area contributed by atoms with Crippen LogP contribution in [0.2, 0.25) is 0 Å². The normalized spacial score (nSPS) is 20.1. The van der Waals surface area contributed by atoms with Gasteiger partial charge in [-0.1, -0.05) is 41.6 Å². The number of hydrogen-bond acceptors (Lipinski definition) is 7. The lowest BCUT2D eigenvalue weighted by atomic mass is 9.77. The summed E-state index contributed by atoms with van der Waals surface area (Å²) in [7, 11) is 0. The van der Waals surface area contributed by atoms with Gasteiger partial charge in [0.25, 0.3) is 0 Å². The predicted molar refractivity (Wildman–Crippen MR) is 132 cm³/mol. The molecule has 2 fully saturated rings. The summed E-state index contributed by atoms with van der Waals surface area (Å²) >= 11 is 0. The number of carbonyl (C=O) groups excluding carboxylic acids is 2. The molecule has 1 N–H and O–H groups in total. The van der Waals surface area contributed by atoms with Crippen LogP contribution in [-0.2, 0) is 16.1 Å². The largest absolute Gasteiger partial charge is 0.457 e. The van der Waals surface area contributed by atoms with Crippen LogP contribution in [-0.4, -0.2) is 53.2 Å². The van der Waals surface area contributed by atoms with Crippen LogP contribution in [0.15, 0.2) is 53.1 Å². The van der Waals surface area contributed by atoms with Gasteiger partial charge in [0, 0.05) is 30.3 Å². The lowest BCUT2D eigenvalue weighted by Gasteiger charge is -2.38. The molecule has 3 aromatic rings. The van der Waals surface area contributed by atoms with Gasteiger partial charge in [0.2, 0.25) is 11.8 Å². The second-order valence-corrected chi connectivity index (χ2v) is 10.1. The molecule has 1 spiro atoms. The second-order valence-electron chi connectivity index (χ2n) is 10.1. The third-order valence-corrected chi connectivity index (χ3v) is 8.16. The van der Waals surface area contributed by atoms with Crippen LogP contribution in [0, 0.1) is 12.3 Å². The summed E-state index contributed by atoms with van der Waals surface area (Å²) in [4.78, 5) is 29.3. The number of esters is 1. The molecule has 2 saturated heterocycles. The predicted octanol–water partition coefficient (Wildman–Crippen LogP) is 3.87. The molecule has 3 aliphatic rings. The summed E-state index contributed by atoms with van der Waals surface area (Å²) in [5.74, 6) is 0.313. The van der Waals surface area contributed by atoms with Gasteiger partial charge < -0.3 is 19.3 Å². The standard InChI is InChI=1S/C28H29N3O5/c1-18-20(7-8-21-22(18)17-35-26(21)33)24(32)16-30-12-9-28(10-13-30)11-14-31(27(28)34)25-15-23(29-36-25)19-5-3-2-4-6-19/h2-8,15,24,32H,9-14,16-17H2,1H3/t24-/m0/s1. The highest BCUT2D eigenvalue weighted by atomic mass is 16.5. The van der Waals surface area contributed by atoms with Gasteiger partial charge in [-0.25, -0.2) is 4.79 Å². The van der Waals surface area contributed by atoms with Crippen molar-refractivity contribution in [2.75, 3.05) is 31.1 Å². The van der Waals surface area contributed by atoms with Crippen molar-refractivity contribution in [3.05, 3.63) is 70.8 Å². The van der Waals surface area contributed by atoms with E-state index >= 15 is 0 Å². The smallest absolute Gasteiger partial charge is 0.338 e. The number of cyclic esters (lactones) is 1. The monoisotopic (exact) mass is 487 g/mol. The quantitative estimate of drug-likeness (QED) is 0.546. The van der Waals surface area contributed by atoms with Gasteiger partial charge in [0.15, 0.2) is 0 Å². The maximum Gasteiger partial charge on any atom is 0.338 e. The zero-order valence-electron chi connectivity index (χ0n) is 20.3. The summed E-state index contributed by atoms with van der Waals surface area (Å²) in [6.07, 6.45) is 1.63. The molecule has 1 atom stereocenters. The molecule has 0 radical (unpaired) electrons. The van der Waals surface area contributed by atoms with Crippen molar-refractivity contribution in [2.45, 2.75) is 38.9 Å². The minimum atomic E-state index is -0.665. The first-order valence-electron chi connectivity index (χ1n) is 12.5. The molecule has 4 heterocycles. The lowest BCUT2D eigenvalue weighted by Crippen LogP contribution is -2.45. The molecular formula is C28H29N3O5. The number of likely N-dealkylation sites (tertiary alicyclic amines) is 1. The molecule has 186 valence electrons. The number of nitrogens with zero attached hydrogens (tertiary/aromatic N) is 3. The Bertz CT molecular complexity index is 1310. The van der Waals surface area contributed by atoms with Crippen LogP contribution in [0.25, 0.3) is 11.3 Å². The minimum absolute atomic E-state index is 0.109. The highest BCUT2D eigenvalue weighted by Gasteiger charge is 2.49. The molecule has 36 heavy (non-hydrogen) atoms. The SMILES string of the molecule is Cc1c([C@@H](O)CN2CCC3(CC2)CCN(c2cc(-c4ccccc4)no2)C3=O)ccc2c1COC2=O. The molecule has 0 aliphatic carbocycles. The van der Waals surface area contributed by atoms with Crippen molar-refractivity contribution in [2.24, 2.45) is 5.41 Å². The number of piperidine rings is 1. The molecule has 0 saturated carbocycles. The second kappa shape index (κ2) is 8.87.